The molecule has 0 amide bonds. The van der Waals surface area contributed by atoms with E-state index in [4.69, 9.17) is 13.0 Å². The van der Waals surface area contributed by atoms with Crippen LogP contribution < -0.4 is 0 Å². The molecule has 3 aliphatic rings. The molecule has 5 atom stereocenters. The number of hydrogen-bond acceptors (Lipinski definition) is 4. The quantitative estimate of drug-likeness (QED) is 0.417. The van der Waals surface area contributed by atoms with Gasteiger partial charge in [-0.3, -0.25) is 4.79 Å². The van der Waals surface area contributed by atoms with Crippen molar-refractivity contribution < 1.29 is 30.9 Å². The van der Waals surface area contributed by atoms with Gasteiger partial charge in [0, 0.05) is 17.9 Å². The number of Topliss-reactive ketones (excluding diaryl/α,β-unsaturated/α-hetero) is 1. The number of hydrogen-bond donors (Lipinski definition) is 0. The van der Waals surface area contributed by atoms with Gasteiger partial charge in [-0.05, 0) is 48.1 Å². The second-order valence-corrected chi connectivity index (χ2v) is 11.2. The molecule has 2 saturated carbocycles. The summed E-state index contributed by atoms with van der Waals surface area (Å²) in [4.78, 5) is 12.6. The highest BCUT2D eigenvalue weighted by Gasteiger charge is 2.52. The van der Waals surface area contributed by atoms with Gasteiger partial charge in [0.1, 0.15) is 5.25 Å². The maximum absolute atomic E-state index is 12.6. The van der Waals surface area contributed by atoms with Gasteiger partial charge in [0.15, 0.2) is 15.4 Å². The third-order valence-electron chi connectivity index (χ3n) is 5.86. The van der Waals surface area contributed by atoms with Crippen molar-refractivity contribution in [3.05, 3.63) is 35.4 Å². The fraction of sp³-hybridized carbons (Fsp3) is 0.611. The van der Waals surface area contributed by atoms with Crippen LogP contribution >= 0.6 is 0 Å². The Morgan fingerprint density at radius 1 is 1.15 bits per heavy atom. The number of halogens is 3. The Hall–Kier alpha value is -1.06. The average Bonchev–Trinajstić information content (AvgIpc) is 3.28. The normalized spacial score (nSPS) is 30.6. The van der Waals surface area contributed by atoms with Crippen molar-refractivity contribution in [1.82, 2.24) is 0 Å². The van der Waals surface area contributed by atoms with E-state index in [1.54, 1.807) is 0 Å². The summed E-state index contributed by atoms with van der Waals surface area (Å²) in [6, 6.07) is 8.24. The van der Waals surface area contributed by atoms with Gasteiger partial charge in [-0.25, -0.2) is 8.42 Å². The van der Waals surface area contributed by atoms with Crippen molar-refractivity contribution in [3.63, 3.8) is 0 Å². The number of rotatable bonds is 2. The summed E-state index contributed by atoms with van der Waals surface area (Å²) in [6.45, 7) is 0. The molecule has 1 aromatic carbocycles. The Balaban J connectivity index is 0.000000226. The van der Waals surface area contributed by atoms with Crippen molar-refractivity contribution in [1.29, 1.82) is 0 Å². The number of carbonyl (C=O) groups is 1. The molecule has 0 aliphatic heterocycles. The first kappa shape index (κ1) is 20.7. The predicted octanol–water partition coefficient (Wildman–Crippen LogP) is 3.28. The summed E-state index contributed by atoms with van der Waals surface area (Å²) in [6.07, 6.45) is 9.13. The molecule has 150 valence electrons. The first-order chi connectivity index (χ1) is 12.5. The van der Waals surface area contributed by atoms with Gasteiger partial charge in [-0.15, -0.1) is 0 Å². The Kier molecular flexibility index (Phi) is 5.67. The number of fused-ring (bicyclic) bond motifs is 3. The third kappa shape index (κ3) is 4.19. The second kappa shape index (κ2) is 7.40. The predicted molar refractivity (Wildman–Crippen MR) is 96.5 cm³/mol. The molecule has 4 rings (SSSR count). The van der Waals surface area contributed by atoms with Gasteiger partial charge >= 0.3 is 5.51 Å². The van der Waals surface area contributed by atoms with E-state index < -0.39 is 15.6 Å². The van der Waals surface area contributed by atoms with Crippen molar-refractivity contribution in [2.45, 2.75) is 48.1 Å². The van der Waals surface area contributed by atoms with Crippen molar-refractivity contribution in [2.24, 2.45) is 11.8 Å². The molecule has 3 aliphatic carbocycles. The molecule has 1 aromatic rings. The molecule has 0 saturated heterocycles. The molecule has 0 aromatic heterocycles. The Labute approximate surface area is 159 Å². The molecule has 27 heavy (non-hydrogen) atoms. The van der Waals surface area contributed by atoms with E-state index in [2.05, 4.69) is 18.4 Å². The van der Waals surface area contributed by atoms with Crippen molar-refractivity contribution >= 4 is 26.8 Å². The zero-order valence-electron chi connectivity index (χ0n) is 14.7. The summed E-state index contributed by atoms with van der Waals surface area (Å²) in [5.41, 5.74) is -3.34. The van der Waals surface area contributed by atoms with Gasteiger partial charge < -0.3 is 4.55 Å². The number of carbonyl (C=O) groups excluding carboxylic acids is 1. The van der Waals surface area contributed by atoms with Crippen LogP contribution in [-0.4, -0.2) is 41.0 Å². The Morgan fingerprint density at radius 2 is 1.78 bits per heavy atom. The number of alkyl halides is 3. The summed E-state index contributed by atoms with van der Waals surface area (Å²) in [5, 5.41) is 1.14. The van der Waals surface area contributed by atoms with E-state index in [1.165, 1.54) is 31.2 Å². The highest BCUT2D eigenvalue weighted by Crippen LogP contribution is 2.49. The molecule has 0 N–H and O–H groups in total. The third-order valence-corrected chi connectivity index (χ3v) is 9.24. The Bertz CT molecular complexity index is 822. The molecular formula is C18H21F3O4S2. The van der Waals surface area contributed by atoms with Crippen molar-refractivity contribution in [2.75, 3.05) is 6.26 Å². The maximum Gasteiger partial charge on any atom is 0.485 e. The summed E-state index contributed by atoms with van der Waals surface area (Å²) in [7, 11) is -5.82. The first-order valence-corrected chi connectivity index (χ1v) is 11.9. The first-order valence-electron chi connectivity index (χ1n) is 8.77. The molecule has 0 spiro atoms. The lowest BCUT2D eigenvalue weighted by atomic mass is 10.0. The van der Waals surface area contributed by atoms with E-state index in [0.29, 0.717) is 11.0 Å². The van der Waals surface area contributed by atoms with Crippen LogP contribution in [0.3, 0.4) is 0 Å². The van der Waals surface area contributed by atoms with E-state index in [-0.39, 0.29) is 10.9 Å². The van der Waals surface area contributed by atoms with Gasteiger partial charge in [-0.2, -0.15) is 13.2 Å². The Morgan fingerprint density at radius 3 is 2.26 bits per heavy atom. The molecule has 2 bridgehead atoms. The largest absolute Gasteiger partial charge is 0.741 e. The molecule has 4 nitrogen and oxygen atoms in total. The summed E-state index contributed by atoms with van der Waals surface area (Å²) >= 11 is 0. The minimum absolute atomic E-state index is 0.274. The molecule has 2 fully saturated rings. The molecule has 5 unspecified atom stereocenters. The molecule has 0 heterocycles. The molecular weight excluding hydrogens is 401 g/mol. The average molecular weight is 422 g/mol. The SMILES string of the molecule is C[S+](C1Cc2ccccc2C1=O)C1CC2CCC1C2.O=S(=O)([O-])C(F)(F)F. The minimum atomic E-state index is -6.09. The van der Waals surface area contributed by atoms with E-state index >= 15 is 0 Å². The lowest BCUT2D eigenvalue weighted by Gasteiger charge is -2.23. The van der Waals surface area contributed by atoms with Crippen LogP contribution in [-0.2, 0) is 27.4 Å². The van der Waals surface area contributed by atoms with E-state index in [1.807, 2.05) is 12.1 Å². The highest BCUT2D eigenvalue weighted by atomic mass is 32.2. The van der Waals surface area contributed by atoms with Crippen LogP contribution in [0.25, 0.3) is 0 Å². The second-order valence-electron chi connectivity index (χ2n) is 7.43. The van der Waals surface area contributed by atoms with Crippen LogP contribution in [0.5, 0.6) is 0 Å². The van der Waals surface area contributed by atoms with Crippen molar-refractivity contribution in [3.8, 4) is 0 Å². The monoisotopic (exact) mass is 422 g/mol. The minimum Gasteiger partial charge on any atom is -0.741 e. The maximum atomic E-state index is 12.6. The van der Waals surface area contributed by atoms with E-state index in [9.17, 15) is 18.0 Å². The highest BCUT2D eigenvalue weighted by molar-refractivity contribution is 7.98. The number of benzene rings is 1. The van der Waals surface area contributed by atoms with Gasteiger partial charge in [-0.1, -0.05) is 24.3 Å². The van der Waals surface area contributed by atoms with Gasteiger partial charge in [0.05, 0.1) is 6.26 Å². The zero-order chi connectivity index (χ0) is 20.0. The fourth-order valence-corrected chi connectivity index (χ4v) is 7.32. The summed E-state index contributed by atoms with van der Waals surface area (Å²) in [5.74, 6) is 2.36. The molecule has 9 heteroatoms. The molecule has 0 radical (unpaired) electrons. The van der Waals surface area contributed by atoms with Crippen LogP contribution in [0.4, 0.5) is 13.2 Å². The van der Waals surface area contributed by atoms with E-state index in [0.717, 1.165) is 29.1 Å². The summed E-state index contributed by atoms with van der Waals surface area (Å²) < 4.78 is 58.9. The number of ketones is 1. The zero-order valence-corrected chi connectivity index (χ0v) is 16.4. The fourth-order valence-electron chi connectivity index (χ4n) is 4.56. The topological polar surface area (TPSA) is 74.3 Å². The van der Waals surface area contributed by atoms with Gasteiger partial charge in [0.2, 0.25) is 5.78 Å². The lowest BCUT2D eigenvalue weighted by Crippen LogP contribution is -2.38. The smallest absolute Gasteiger partial charge is 0.485 e. The van der Waals surface area contributed by atoms with Gasteiger partial charge in [0.25, 0.3) is 0 Å². The van der Waals surface area contributed by atoms with Crippen LogP contribution in [0.2, 0.25) is 0 Å². The van der Waals surface area contributed by atoms with Crippen LogP contribution in [0.15, 0.2) is 24.3 Å². The standard InChI is InChI=1S/C17H21OS.CHF3O3S/c1-19(15-9-11-6-7-13(15)8-11)16-10-12-4-2-3-5-14(12)17(16)18;2-1(3,4)8(5,6)7/h2-5,11,13,15-16H,6-10H2,1H3;(H,5,6,7)/q+1;/p-1. The van der Waals surface area contributed by atoms with Crippen LogP contribution in [0, 0.1) is 11.8 Å². The lowest BCUT2D eigenvalue weighted by molar-refractivity contribution is -0.0517. The van der Waals surface area contributed by atoms with Crippen LogP contribution in [0.1, 0.15) is 41.6 Å².